The lowest BCUT2D eigenvalue weighted by atomic mass is 10.1. The molecule has 9 N–H and O–H groups in total. The number of rotatable bonds is 13. The zero-order chi connectivity index (χ0) is 23.6. The summed E-state index contributed by atoms with van der Waals surface area (Å²) in [6, 6.07) is -4.60. The molecule has 0 spiro atoms. The summed E-state index contributed by atoms with van der Waals surface area (Å²) >= 11 is 3.92. The number of hydrogen-bond donors (Lipinski definition) is 8. The Kier molecular flexibility index (Phi) is 10.5. The van der Waals surface area contributed by atoms with Crippen LogP contribution in [0.25, 0.3) is 0 Å². The summed E-state index contributed by atoms with van der Waals surface area (Å²) in [7, 11) is 0. The SMILES string of the molecule is CC(NC(=O)C(Cc1cnc[nH]1)NC(=O)C(CCC(N)=O)NC(=O)C(N)CS)C(=O)O. The number of nitrogens with one attached hydrogen (secondary N) is 4. The molecule has 0 bridgehead atoms. The Morgan fingerprint density at radius 1 is 1.13 bits per heavy atom. The van der Waals surface area contributed by atoms with Gasteiger partial charge in [-0.1, -0.05) is 0 Å². The molecule has 0 saturated heterocycles. The molecule has 4 amide bonds. The van der Waals surface area contributed by atoms with E-state index in [2.05, 4.69) is 38.5 Å². The van der Waals surface area contributed by atoms with E-state index in [0.29, 0.717) is 5.69 Å². The second-order valence-electron chi connectivity index (χ2n) is 6.77. The molecule has 13 nitrogen and oxygen atoms in total. The van der Waals surface area contributed by atoms with Gasteiger partial charge in [-0.3, -0.25) is 24.0 Å². The first kappa shape index (κ1) is 25.9. The zero-order valence-electron chi connectivity index (χ0n) is 16.8. The minimum atomic E-state index is -1.26. The number of nitrogens with zero attached hydrogens (tertiary/aromatic N) is 1. The fourth-order valence-electron chi connectivity index (χ4n) is 2.39. The van der Waals surface area contributed by atoms with Crippen molar-refractivity contribution in [1.29, 1.82) is 0 Å². The molecule has 0 radical (unpaired) electrons. The number of carbonyl (C=O) groups excluding carboxylic acids is 4. The third-order valence-corrected chi connectivity index (χ3v) is 4.58. The Bertz CT molecular complexity index is 788. The van der Waals surface area contributed by atoms with Crippen molar-refractivity contribution in [1.82, 2.24) is 25.9 Å². The van der Waals surface area contributed by atoms with Crippen LogP contribution in [0.3, 0.4) is 0 Å². The summed E-state index contributed by atoms with van der Waals surface area (Å²) in [5.41, 5.74) is 11.2. The maximum atomic E-state index is 12.8. The van der Waals surface area contributed by atoms with E-state index in [1.165, 1.54) is 19.4 Å². The van der Waals surface area contributed by atoms with Gasteiger partial charge in [0.25, 0.3) is 0 Å². The van der Waals surface area contributed by atoms with E-state index >= 15 is 0 Å². The number of carboxylic acids is 1. The topological polar surface area (TPSA) is 222 Å². The van der Waals surface area contributed by atoms with Crippen LogP contribution in [-0.2, 0) is 30.4 Å². The molecule has 0 aliphatic rings. The Hall–Kier alpha value is -3.13. The number of hydrogen-bond acceptors (Lipinski definition) is 8. The van der Waals surface area contributed by atoms with E-state index in [1.807, 2.05) is 0 Å². The van der Waals surface area contributed by atoms with Crippen molar-refractivity contribution >= 4 is 42.2 Å². The summed E-state index contributed by atoms with van der Waals surface area (Å²) in [5.74, 6) is -4.13. The van der Waals surface area contributed by atoms with Crippen molar-refractivity contribution < 1.29 is 29.1 Å². The predicted octanol–water partition coefficient (Wildman–Crippen LogP) is -2.97. The Morgan fingerprint density at radius 2 is 1.74 bits per heavy atom. The molecule has 0 fully saturated rings. The van der Waals surface area contributed by atoms with Gasteiger partial charge in [0.2, 0.25) is 23.6 Å². The summed E-state index contributed by atoms with van der Waals surface area (Å²) in [6.45, 7) is 1.27. The highest BCUT2D eigenvalue weighted by Crippen LogP contribution is 2.04. The average molecular weight is 458 g/mol. The first-order valence-corrected chi connectivity index (χ1v) is 9.94. The number of aromatic amines is 1. The van der Waals surface area contributed by atoms with Crippen LogP contribution in [0.5, 0.6) is 0 Å². The second-order valence-corrected chi connectivity index (χ2v) is 7.13. The third-order valence-electron chi connectivity index (χ3n) is 4.19. The van der Waals surface area contributed by atoms with E-state index in [1.54, 1.807) is 0 Å². The van der Waals surface area contributed by atoms with Crippen LogP contribution in [-0.4, -0.2) is 74.6 Å². The molecule has 14 heteroatoms. The Morgan fingerprint density at radius 3 is 2.26 bits per heavy atom. The normalized spacial score (nSPS) is 14.5. The number of thiol groups is 1. The summed E-state index contributed by atoms with van der Waals surface area (Å²) in [6.07, 6.45) is 2.44. The summed E-state index contributed by atoms with van der Waals surface area (Å²) < 4.78 is 0. The lowest BCUT2D eigenvalue weighted by Gasteiger charge is -2.24. The van der Waals surface area contributed by atoms with Gasteiger partial charge in [0.1, 0.15) is 18.1 Å². The standard InChI is InChI=1S/C17H27N7O6S/c1-8(17(29)30)22-16(28)12(4-9-5-20-7-21-9)24-15(27)11(2-3-13(19)25)23-14(26)10(18)6-31/h5,7-8,10-12,31H,2-4,6,18H2,1H3,(H2,19,25)(H,20,21)(H,22,28)(H,23,26)(H,24,27)(H,29,30). The van der Waals surface area contributed by atoms with Gasteiger partial charge in [-0.05, 0) is 13.3 Å². The maximum absolute atomic E-state index is 12.8. The van der Waals surface area contributed by atoms with Crippen LogP contribution in [0.2, 0.25) is 0 Å². The van der Waals surface area contributed by atoms with E-state index in [0.717, 1.165) is 0 Å². The molecule has 0 aliphatic heterocycles. The van der Waals surface area contributed by atoms with Gasteiger partial charge in [0.05, 0.1) is 12.4 Å². The summed E-state index contributed by atoms with van der Waals surface area (Å²) in [4.78, 5) is 66.3. The van der Waals surface area contributed by atoms with E-state index in [-0.39, 0.29) is 25.0 Å². The van der Waals surface area contributed by atoms with Crippen LogP contribution >= 0.6 is 12.6 Å². The highest BCUT2D eigenvalue weighted by Gasteiger charge is 2.29. The lowest BCUT2D eigenvalue weighted by Crippen LogP contribution is -2.57. The number of nitrogens with two attached hydrogens (primary N) is 2. The number of aliphatic carboxylic acids is 1. The van der Waals surface area contributed by atoms with Crippen LogP contribution < -0.4 is 27.4 Å². The van der Waals surface area contributed by atoms with Crippen molar-refractivity contribution in [3.05, 3.63) is 18.2 Å². The third kappa shape index (κ3) is 9.04. The smallest absolute Gasteiger partial charge is 0.325 e. The number of aromatic nitrogens is 2. The molecule has 4 unspecified atom stereocenters. The molecule has 1 heterocycles. The maximum Gasteiger partial charge on any atom is 0.325 e. The highest BCUT2D eigenvalue weighted by molar-refractivity contribution is 7.80. The molecule has 4 atom stereocenters. The molecular formula is C17H27N7O6S. The molecule has 1 rings (SSSR count). The molecule has 0 aliphatic carbocycles. The highest BCUT2D eigenvalue weighted by atomic mass is 32.1. The van der Waals surface area contributed by atoms with Crippen LogP contribution in [0, 0.1) is 0 Å². The first-order chi connectivity index (χ1) is 14.5. The number of carboxylic acid groups (broad SMARTS) is 1. The average Bonchev–Trinajstić information content (AvgIpc) is 3.22. The molecule has 1 aromatic heterocycles. The van der Waals surface area contributed by atoms with Gasteiger partial charge < -0.3 is 37.5 Å². The number of H-pyrrole nitrogens is 1. The molecule has 172 valence electrons. The van der Waals surface area contributed by atoms with Crippen molar-refractivity contribution in [2.45, 2.75) is 50.4 Å². The lowest BCUT2D eigenvalue weighted by molar-refractivity contribution is -0.141. The summed E-state index contributed by atoms with van der Waals surface area (Å²) in [5, 5.41) is 16.2. The van der Waals surface area contributed by atoms with Gasteiger partial charge >= 0.3 is 5.97 Å². The number of primary amides is 1. The van der Waals surface area contributed by atoms with E-state index in [9.17, 15) is 24.0 Å². The second kappa shape index (κ2) is 12.5. The zero-order valence-corrected chi connectivity index (χ0v) is 17.7. The number of imidazole rings is 1. The Balaban J connectivity index is 2.99. The molecule has 0 saturated carbocycles. The molecule has 0 aromatic carbocycles. The fraction of sp³-hybridized carbons (Fsp3) is 0.529. The van der Waals surface area contributed by atoms with Crippen LogP contribution in [0.1, 0.15) is 25.5 Å². The molecule has 1 aromatic rings. The van der Waals surface area contributed by atoms with E-state index in [4.69, 9.17) is 16.6 Å². The minimum absolute atomic E-state index is 0.0217. The molecule has 31 heavy (non-hydrogen) atoms. The van der Waals surface area contributed by atoms with Gasteiger partial charge in [0.15, 0.2) is 0 Å². The first-order valence-electron chi connectivity index (χ1n) is 9.31. The Labute approximate surface area is 183 Å². The van der Waals surface area contributed by atoms with E-state index < -0.39 is 53.8 Å². The van der Waals surface area contributed by atoms with Crippen molar-refractivity contribution in [2.24, 2.45) is 11.5 Å². The van der Waals surface area contributed by atoms with Crippen molar-refractivity contribution in [3.8, 4) is 0 Å². The van der Waals surface area contributed by atoms with Gasteiger partial charge in [0, 0.05) is 30.5 Å². The van der Waals surface area contributed by atoms with Crippen LogP contribution in [0.4, 0.5) is 0 Å². The van der Waals surface area contributed by atoms with Crippen molar-refractivity contribution in [2.75, 3.05) is 5.75 Å². The predicted molar refractivity (Wildman–Crippen MR) is 112 cm³/mol. The van der Waals surface area contributed by atoms with Gasteiger partial charge in [-0.15, -0.1) is 0 Å². The number of carbonyl (C=O) groups is 5. The van der Waals surface area contributed by atoms with Crippen molar-refractivity contribution in [3.63, 3.8) is 0 Å². The largest absolute Gasteiger partial charge is 0.480 e. The monoisotopic (exact) mass is 457 g/mol. The fourth-order valence-corrected chi connectivity index (χ4v) is 2.56. The minimum Gasteiger partial charge on any atom is -0.480 e. The molecular weight excluding hydrogens is 430 g/mol. The van der Waals surface area contributed by atoms with Gasteiger partial charge in [-0.2, -0.15) is 12.6 Å². The quantitative estimate of drug-likeness (QED) is 0.142. The van der Waals surface area contributed by atoms with Crippen LogP contribution in [0.15, 0.2) is 12.5 Å². The number of amides is 4. The van der Waals surface area contributed by atoms with Gasteiger partial charge in [-0.25, -0.2) is 4.98 Å².